The molecule has 5 unspecified atom stereocenters. The van der Waals surface area contributed by atoms with Crippen LogP contribution >= 0.6 is 0 Å². The number of nitrogens with one attached hydrogen (secondary N) is 1. The minimum atomic E-state index is -1.40. The molecule has 10 heteroatoms. The van der Waals surface area contributed by atoms with Crippen LogP contribution in [0.5, 0.6) is 0 Å². The molecule has 30 heavy (non-hydrogen) atoms. The third-order valence-electron chi connectivity index (χ3n) is 5.91. The Kier molecular flexibility index (Phi) is 7.80. The average Bonchev–Trinajstić information content (AvgIpc) is 2.73. The number of rotatable bonds is 6. The second-order valence-electron chi connectivity index (χ2n) is 8.22. The average molecular weight is 427 g/mol. The lowest BCUT2D eigenvalue weighted by Crippen LogP contribution is -2.68. The van der Waals surface area contributed by atoms with Gasteiger partial charge in [0.1, 0.15) is 30.5 Å². The molecule has 2 aliphatic rings. The molecule has 170 valence electrons. The second kappa shape index (κ2) is 9.96. The predicted molar refractivity (Wildman–Crippen MR) is 107 cm³/mol. The quantitative estimate of drug-likeness (QED) is 0.235. The lowest BCUT2D eigenvalue weighted by atomic mass is 9.84. The van der Waals surface area contributed by atoms with E-state index in [1.165, 1.54) is 6.92 Å². The maximum atomic E-state index is 10.6. The van der Waals surface area contributed by atoms with Crippen molar-refractivity contribution in [2.45, 2.75) is 87.0 Å². The largest absolute Gasteiger partial charge is 0.391 e. The molecule has 1 aromatic rings. The highest BCUT2D eigenvalue weighted by molar-refractivity contribution is 5.14. The van der Waals surface area contributed by atoms with Crippen molar-refractivity contribution < 1.29 is 35.0 Å². The van der Waals surface area contributed by atoms with Crippen molar-refractivity contribution >= 4 is 0 Å². The molecule has 1 saturated carbocycles. The predicted octanol–water partition coefficient (Wildman–Crippen LogP) is -2.86. The summed E-state index contributed by atoms with van der Waals surface area (Å²) in [5, 5.41) is 54.4. The van der Waals surface area contributed by atoms with E-state index < -0.39 is 67.1 Å². The number of hydrogen-bond donors (Lipinski definition) is 8. The molecule has 10 N–H and O–H groups in total. The molecule has 0 spiro atoms. The van der Waals surface area contributed by atoms with Crippen LogP contribution in [0, 0.1) is 0 Å². The maximum Gasteiger partial charge on any atom is 0.176 e. The minimum absolute atomic E-state index is 0.322. The van der Waals surface area contributed by atoms with Gasteiger partial charge in [0, 0.05) is 18.6 Å². The van der Waals surface area contributed by atoms with E-state index in [2.05, 4.69) is 5.32 Å². The second-order valence-corrected chi connectivity index (χ2v) is 8.22. The standard InChI is InChI=1S/C20H33N3O7/c1-9(24)18-17(28)15(26)13(22)20(29-18)30-19-11(21)7-12(14(25)16(19)27)23-8-10-5-3-2-4-6-10/h2-6,9,11-20,23-28H,7-8,21-22H2,1H3/t9-,11?,12?,13+,14-,15?,16?,17+,18?,19-,20-/m1/s1. The fraction of sp³-hybridized carbons (Fsp3) is 0.700. The topological polar surface area (TPSA) is 184 Å². The van der Waals surface area contributed by atoms with E-state index in [1.54, 1.807) is 0 Å². The van der Waals surface area contributed by atoms with E-state index in [4.69, 9.17) is 20.9 Å². The van der Waals surface area contributed by atoms with Crippen LogP contribution in [0.4, 0.5) is 0 Å². The fourth-order valence-corrected chi connectivity index (χ4v) is 4.07. The molecule has 11 atom stereocenters. The molecular formula is C20H33N3O7. The Balaban J connectivity index is 1.63. The summed E-state index contributed by atoms with van der Waals surface area (Å²) < 4.78 is 11.3. The normalized spacial score (nSPS) is 43.3. The minimum Gasteiger partial charge on any atom is -0.391 e. The number of aliphatic hydroxyl groups is 5. The number of aliphatic hydroxyl groups excluding tert-OH is 5. The van der Waals surface area contributed by atoms with Crippen LogP contribution in [-0.2, 0) is 16.0 Å². The van der Waals surface area contributed by atoms with Crippen molar-refractivity contribution in [2.24, 2.45) is 11.5 Å². The lowest BCUT2D eigenvalue weighted by Gasteiger charge is -2.47. The number of benzene rings is 1. The van der Waals surface area contributed by atoms with Crippen LogP contribution < -0.4 is 16.8 Å². The molecule has 10 nitrogen and oxygen atoms in total. The van der Waals surface area contributed by atoms with E-state index >= 15 is 0 Å². The molecule has 3 rings (SSSR count). The Morgan fingerprint density at radius 3 is 2.37 bits per heavy atom. The Labute approximate surface area is 175 Å². The highest BCUT2D eigenvalue weighted by Crippen LogP contribution is 2.28. The SMILES string of the molecule is C[C@@H](O)C1O[C@H](O[C@@H]2C(N)CC(NCc3ccccc3)[C@@H](O)C2O)[C@@H](N)C(O)[C@@H]1O. The molecule has 1 saturated heterocycles. The van der Waals surface area contributed by atoms with Crippen molar-refractivity contribution in [1.82, 2.24) is 5.32 Å². The molecule has 1 aromatic carbocycles. The molecule has 1 heterocycles. The van der Waals surface area contributed by atoms with E-state index in [1.807, 2.05) is 30.3 Å². The molecule has 1 aliphatic heterocycles. The Hall–Kier alpha value is -1.18. The summed E-state index contributed by atoms with van der Waals surface area (Å²) in [5.74, 6) is 0. The van der Waals surface area contributed by atoms with Crippen molar-refractivity contribution in [3.8, 4) is 0 Å². The first-order valence-electron chi connectivity index (χ1n) is 10.2. The first kappa shape index (κ1) is 23.5. The van der Waals surface area contributed by atoms with Crippen molar-refractivity contribution in [3.05, 3.63) is 35.9 Å². The Morgan fingerprint density at radius 1 is 1.07 bits per heavy atom. The van der Waals surface area contributed by atoms with Gasteiger partial charge in [0.25, 0.3) is 0 Å². The van der Waals surface area contributed by atoms with Crippen LogP contribution in [-0.4, -0.2) is 92.7 Å². The molecule has 0 aromatic heterocycles. The smallest absolute Gasteiger partial charge is 0.176 e. The van der Waals surface area contributed by atoms with Crippen LogP contribution in [0.25, 0.3) is 0 Å². The van der Waals surface area contributed by atoms with Gasteiger partial charge in [-0.2, -0.15) is 0 Å². The van der Waals surface area contributed by atoms with Crippen LogP contribution in [0.2, 0.25) is 0 Å². The maximum absolute atomic E-state index is 10.6. The van der Waals surface area contributed by atoms with Crippen LogP contribution in [0.1, 0.15) is 18.9 Å². The third-order valence-corrected chi connectivity index (χ3v) is 5.91. The van der Waals surface area contributed by atoms with E-state index in [0.717, 1.165) is 5.56 Å². The zero-order chi connectivity index (χ0) is 22.0. The summed E-state index contributed by atoms with van der Waals surface area (Å²) >= 11 is 0. The van der Waals surface area contributed by atoms with Crippen molar-refractivity contribution in [1.29, 1.82) is 0 Å². The fourth-order valence-electron chi connectivity index (χ4n) is 4.07. The van der Waals surface area contributed by atoms with Crippen LogP contribution in [0.3, 0.4) is 0 Å². The molecule has 2 fully saturated rings. The summed E-state index contributed by atoms with van der Waals surface area (Å²) in [4.78, 5) is 0. The van der Waals surface area contributed by atoms with Crippen molar-refractivity contribution in [2.75, 3.05) is 0 Å². The molecule has 0 amide bonds. The van der Waals surface area contributed by atoms with Gasteiger partial charge in [0.05, 0.1) is 18.2 Å². The Morgan fingerprint density at radius 2 is 1.73 bits per heavy atom. The van der Waals surface area contributed by atoms with Crippen LogP contribution in [0.15, 0.2) is 30.3 Å². The monoisotopic (exact) mass is 427 g/mol. The van der Waals surface area contributed by atoms with Gasteiger partial charge in [0.15, 0.2) is 6.29 Å². The van der Waals surface area contributed by atoms with Crippen molar-refractivity contribution in [3.63, 3.8) is 0 Å². The van der Waals surface area contributed by atoms with Gasteiger partial charge < -0.3 is 51.8 Å². The summed E-state index contributed by atoms with van der Waals surface area (Å²) in [5.41, 5.74) is 13.2. The molecule has 0 bridgehead atoms. The molecular weight excluding hydrogens is 394 g/mol. The van der Waals surface area contributed by atoms with E-state index in [9.17, 15) is 25.5 Å². The first-order valence-corrected chi connectivity index (χ1v) is 10.2. The van der Waals surface area contributed by atoms with Gasteiger partial charge in [-0.05, 0) is 18.9 Å². The summed E-state index contributed by atoms with van der Waals surface area (Å²) in [6.07, 6.45) is -9.39. The number of nitrogens with two attached hydrogens (primary N) is 2. The highest BCUT2D eigenvalue weighted by atomic mass is 16.7. The summed E-state index contributed by atoms with van der Waals surface area (Å²) in [6, 6.07) is 7.41. The zero-order valence-electron chi connectivity index (χ0n) is 16.9. The number of hydrogen-bond acceptors (Lipinski definition) is 10. The van der Waals surface area contributed by atoms with Gasteiger partial charge in [-0.1, -0.05) is 30.3 Å². The Bertz CT molecular complexity index is 667. The highest BCUT2D eigenvalue weighted by Gasteiger charge is 2.49. The van der Waals surface area contributed by atoms with Gasteiger partial charge >= 0.3 is 0 Å². The third kappa shape index (κ3) is 5.00. The molecule has 0 radical (unpaired) electrons. The van der Waals surface area contributed by atoms with Gasteiger partial charge in [-0.3, -0.25) is 0 Å². The summed E-state index contributed by atoms with van der Waals surface area (Å²) in [7, 11) is 0. The van der Waals surface area contributed by atoms with E-state index in [0.29, 0.717) is 13.0 Å². The van der Waals surface area contributed by atoms with Gasteiger partial charge in [0.2, 0.25) is 0 Å². The lowest BCUT2D eigenvalue weighted by molar-refractivity contribution is -0.301. The summed E-state index contributed by atoms with van der Waals surface area (Å²) in [6.45, 7) is 1.91. The van der Waals surface area contributed by atoms with Gasteiger partial charge in [-0.25, -0.2) is 0 Å². The first-order chi connectivity index (χ1) is 14.2. The van der Waals surface area contributed by atoms with Gasteiger partial charge in [-0.15, -0.1) is 0 Å². The molecule has 1 aliphatic carbocycles. The number of ether oxygens (including phenoxy) is 2. The van der Waals surface area contributed by atoms with E-state index in [-0.39, 0.29) is 0 Å². The zero-order valence-corrected chi connectivity index (χ0v) is 16.9.